The molecule has 0 aromatic rings. The highest BCUT2D eigenvalue weighted by Crippen LogP contribution is 1.73. The number of rotatable bonds is 7. The molecule has 0 amide bonds. The third kappa shape index (κ3) is 24.5. The van der Waals surface area contributed by atoms with Gasteiger partial charge in [0.25, 0.3) is 0 Å². The zero-order chi connectivity index (χ0) is 10.4. The molecule has 0 aliphatic rings. The largest absolute Gasteiger partial charge is 0.396 e. The molecule has 0 unspecified atom stereocenters. The van der Waals surface area contributed by atoms with Crippen LogP contribution in [0.5, 0.6) is 0 Å². The Morgan fingerprint density at radius 1 is 0.923 bits per heavy atom. The van der Waals surface area contributed by atoms with Crippen LogP contribution in [0.1, 0.15) is 6.42 Å². The molecular formula is C8H20O5. The monoisotopic (exact) mass is 196 g/mol. The molecule has 0 aromatic carbocycles. The van der Waals surface area contributed by atoms with E-state index < -0.39 is 0 Å². The number of methoxy groups -OCH3 is 2. The highest BCUT2D eigenvalue weighted by Gasteiger charge is 1.78. The molecule has 0 aliphatic carbocycles. The highest BCUT2D eigenvalue weighted by molar-refractivity contribution is 4.25. The maximum atomic E-state index is 8.12. The molecule has 5 heteroatoms. The smallest absolute Gasteiger partial charge is 0.146 e. The van der Waals surface area contributed by atoms with Crippen molar-refractivity contribution in [3.8, 4) is 0 Å². The van der Waals surface area contributed by atoms with Gasteiger partial charge in [-0.3, -0.25) is 0 Å². The Kier molecular flexibility index (Phi) is 20.9. The Bertz CT molecular complexity index is 61.6. The second kappa shape index (κ2) is 17.8. The molecule has 0 fully saturated rings. The quantitative estimate of drug-likeness (QED) is 0.429. The Labute approximate surface area is 79.2 Å². The van der Waals surface area contributed by atoms with Crippen LogP contribution in [0.4, 0.5) is 0 Å². The highest BCUT2D eigenvalue weighted by atomic mass is 16.7. The lowest BCUT2D eigenvalue weighted by Gasteiger charge is -1.96. The lowest BCUT2D eigenvalue weighted by molar-refractivity contribution is -0.0411. The van der Waals surface area contributed by atoms with Crippen LogP contribution >= 0.6 is 0 Å². The Morgan fingerprint density at radius 2 is 1.62 bits per heavy atom. The van der Waals surface area contributed by atoms with Crippen molar-refractivity contribution >= 4 is 0 Å². The lowest BCUT2D eigenvalue weighted by atomic mass is 10.5. The van der Waals surface area contributed by atoms with E-state index in [4.69, 9.17) is 10.2 Å². The van der Waals surface area contributed by atoms with Crippen molar-refractivity contribution in [3.05, 3.63) is 0 Å². The lowest BCUT2D eigenvalue weighted by Crippen LogP contribution is -2.01. The number of hydrogen-bond acceptors (Lipinski definition) is 5. The number of ether oxygens (including phenoxy) is 3. The van der Waals surface area contributed by atoms with Crippen molar-refractivity contribution in [1.82, 2.24) is 0 Å². The van der Waals surface area contributed by atoms with E-state index in [1.807, 2.05) is 0 Å². The summed E-state index contributed by atoms with van der Waals surface area (Å²) < 4.78 is 13.8. The van der Waals surface area contributed by atoms with Gasteiger partial charge in [-0.05, 0) is 6.42 Å². The van der Waals surface area contributed by atoms with Crippen molar-refractivity contribution in [2.24, 2.45) is 0 Å². The SMILES string of the molecule is COCCCO.COCOCCO. The first kappa shape index (κ1) is 15.3. The summed E-state index contributed by atoms with van der Waals surface area (Å²) in [6.07, 6.45) is 0.747. The van der Waals surface area contributed by atoms with Crippen LogP contribution in [0, 0.1) is 0 Å². The normalized spacial score (nSPS) is 9.23. The van der Waals surface area contributed by atoms with Crippen LogP contribution in [0.25, 0.3) is 0 Å². The van der Waals surface area contributed by atoms with Crippen LogP contribution in [0.2, 0.25) is 0 Å². The Hall–Kier alpha value is -0.200. The fourth-order valence-electron chi connectivity index (χ4n) is 0.416. The summed E-state index contributed by atoms with van der Waals surface area (Å²) in [5, 5.41) is 16.2. The van der Waals surface area contributed by atoms with Gasteiger partial charge in [-0.1, -0.05) is 0 Å². The molecule has 0 atom stereocenters. The third-order valence-corrected chi connectivity index (χ3v) is 0.943. The van der Waals surface area contributed by atoms with Gasteiger partial charge in [-0.2, -0.15) is 0 Å². The van der Waals surface area contributed by atoms with Crippen LogP contribution in [-0.4, -0.2) is 57.7 Å². The van der Waals surface area contributed by atoms with Gasteiger partial charge in [0.2, 0.25) is 0 Å². The van der Waals surface area contributed by atoms with Gasteiger partial charge in [0.05, 0.1) is 13.2 Å². The maximum absolute atomic E-state index is 8.12. The van der Waals surface area contributed by atoms with Crippen LogP contribution in [0.15, 0.2) is 0 Å². The van der Waals surface area contributed by atoms with Gasteiger partial charge < -0.3 is 24.4 Å². The number of hydrogen-bond donors (Lipinski definition) is 2. The van der Waals surface area contributed by atoms with Gasteiger partial charge >= 0.3 is 0 Å². The average molecular weight is 196 g/mol. The third-order valence-electron chi connectivity index (χ3n) is 0.943. The Balaban J connectivity index is 0. The van der Waals surface area contributed by atoms with Crippen molar-refractivity contribution in [3.63, 3.8) is 0 Å². The predicted molar refractivity (Wildman–Crippen MR) is 48.5 cm³/mol. The summed E-state index contributed by atoms with van der Waals surface area (Å²) in [6.45, 7) is 1.57. The minimum Gasteiger partial charge on any atom is -0.396 e. The summed E-state index contributed by atoms with van der Waals surface area (Å²) >= 11 is 0. The van der Waals surface area contributed by atoms with E-state index in [-0.39, 0.29) is 20.0 Å². The van der Waals surface area contributed by atoms with E-state index in [1.54, 1.807) is 7.11 Å². The zero-order valence-corrected chi connectivity index (χ0v) is 8.36. The molecule has 0 aromatic heterocycles. The first-order valence-corrected chi connectivity index (χ1v) is 4.10. The van der Waals surface area contributed by atoms with Gasteiger partial charge in [0, 0.05) is 27.4 Å². The second-order valence-electron chi connectivity index (χ2n) is 2.11. The molecule has 0 rings (SSSR count). The molecule has 0 heterocycles. The van der Waals surface area contributed by atoms with Gasteiger partial charge in [0.1, 0.15) is 6.79 Å². The number of aliphatic hydroxyl groups is 2. The van der Waals surface area contributed by atoms with Crippen LogP contribution < -0.4 is 0 Å². The molecule has 0 saturated heterocycles. The first-order valence-electron chi connectivity index (χ1n) is 4.10. The van der Waals surface area contributed by atoms with Crippen LogP contribution in [-0.2, 0) is 14.2 Å². The van der Waals surface area contributed by atoms with Gasteiger partial charge in [-0.25, -0.2) is 0 Å². The van der Waals surface area contributed by atoms with E-state index >= 15 is 0 Å². The summed E-state index contributed by atoms with van der Waals surface area (Å²) in [7, 11) is 3.16. The summed E-state index contributed by atoms with van der Waals surface area (Å²) in [6, 6.07) is 0. The van der Waals surface area contributed by atoms with Crippen molar-refractivity contribution in [1.29, 1.82) is 0 Å². The second-order valence-corrected chi connectivity index (χ2v) is 2.11. The van der Waals surface area contributed by atoms with Crippen molar-refractivity contribution < 1.29 is 24.4 Å². The minimum atomic E-state index is 0.0589. The Morgan fingerprint density at radius 3 is 1.92 bits per heavy atom. The van der Waals surface area contributed by atoms with Gasteiger partial charge in [0.15, 0.2) is 0 Å². The van der Waals surface area contributed by atoms with Gasteiger partial charge in [-0.15, -0.1) is 0 Å². The summed E-state index contributed by atoms with van der Waals surface area (Å²) in [5.74, 6) is 0. The standard InChI is InChI=1S/C4H10O3.C4H10O2/c1-6-4-7-3-2-5;1-6-4-2-3-5/h5H,2-4H2,1H3;5H,2-4H2,1H3. The zero-order valence-electron chi connectivity index (χ0n) is 8.36. The molecule has 0 aliphatic heterocycles. The molecule has 13 heavy (non-hydrogen) atoms. The molecule has 0 saturated carbocycles. The molecule has 2 N–H and O–H groups in total. The fourth-order valence-corrected chi connectivity index (χ4v) is 0.416. The molecular weight excluding hydrogens is 176 g/mol. The minimum absolute atomic E-state index is 0.0589. The van der Waals surface area contributed by atoms with Crippen molar-refractivity contribution in [2.75, 3.05) is 47.4 Å². The average Bonchev–Trinajstić information content (AvgIpc) is 2.17. The van der Waals surface area contributed by atoms with E-state index in [9.17, 15) is 0 Å². The molecule has 5 nitrogen and oxygen atoms in total. The first-order chi connectivity index (χ1) is 6.33. The molecule has 0 bridgehead atoms. The van der Waals surface area contributed by atoms with E-state index in [0.717, 1.165) is 6.42 Å². The number of aliphatic hydroxyl groups excluding tert-OH is 2. The summed E-state index contributed by atoms with van der Waals surface area (Å²) in [5.41, 5.74) is 0. The van der Waals surface area contributed by atoms with Crippen molar-refractivity contribution in [2.45, 2.75) is 6.42 Å². The fraction of sp³-hybridized carbons (Fsp3) is 1.00. The van der Waals surface area contributed by atoms with Crippen LogP contribution in [0.3, 0.4) is 0 Å². The summed E-state index contributed by atoms with van der Waals surface area (Å²) in [4.78, 5) is 0. The van der Waals surface area contributed by atoms with E-state index in [0.29, 0.717) is 13.2 Å². The van der Waals surface area contributed by atoms with E-state index in [2.05, 4.69) is 14.2 Å². The van der Waals surface area contributed by atoms with E-state index in [1.165, 1.54) is 7.11 Å². The topological polar surface area (TPSA) is 68.2 Å². The molecule has 82 valence electrons. The maximum Gasteiger partial charge on any atom is 0.146 e. The molecule has 0 radical (unpaired) electrons. The molecule has 0 spiro atoms. The predicted octanol–water partition coefficient (Wildman–Crippen LogP) is -0.386.